The van der Waals surface area contributed by atoms with E-state index < -0.39 is 0 Å². The Morgan fingerprint density at radius 1 is 1.29 bits per heavy atom. The zero-order chi connectivity index (χ0) is 19.5. The van der Waals surface area contributed by atoms with E-state index in [1.807, 2.05) is 16.8 Å². The van der Waals surface area contributed by atoms with Crippen molar-refractivity contribution in [1.29, 1.82) is 0 Å². The fourth-order valence-electron chi connectivity index (χ4n) is 3.96. The summed E-state index contributed by atoms with van der Waals surface area (Å²) in [5, 5.41) is 7.50. The standard InChI is InChI=1S/C22H29N3O3/c1-3-4-5-6-7-18-13-25-21(28-18)12-19(24-25)22(26)23-17-11-16-10-15(2)8-9-20(16)27-14-17/h8-10,12,17-18H,3-7,11,13-14H2,1-2H3,(H,23,26). The highest BCUT2D eigenvalue weighted by Gasteiger charge is 2.28. The van der Waals surface area contributed by atoms with Crippen LogP contribution in [-0.4, -0.2) is 34.4 Å². The van der Waals surface area contributed by atoms with Crippen molar-refractivity contribution >= 4 is 5.91 Å². The number of ether oxygens (including phenoxy) is 2. The molecule has 0 spiro atoms. The lowest BCUT2D eigenvalue weighted by Gasteiger charge is -2.26. The highest BCUT2D eigenvalue weighted by atomic mass is 16.5. The molecule has 2 unspecified atom stereocenters. The van der Waals surface area contributed by atoms with Crippen molar-refractivity contribution in [2.75, 3.05) is 6.61 Å². The Bertz CT molecular complexity index is 822. The summed E-state index contributed by atoms with van der Waals surface area (Å²) in [6.45, 7) is 5.49. The van der Waals surface area contributed by atoms with Crippen molar-refractivity contribution in [3.05, 3.63) is 41.1 Å². The quantitative estimate of drug-likeness (QED) is 0.741. The molecule has 2 aromatic rings. The Morgan fingerprint density at radius 2 is 2.18 bits per heavy atom. The molecule has 1 N–H and O–H groups in total. The van der Waals surface area contributed by atoms with Crippen molar-refractivity contribution in [2.24, 2.45) is 0 Å². The molecule has 1 amide bonds. The first-order chi connectivity index (χ1) is 13.6. The minimum absolute atomic E-state index is 0.0504. The Kier molecular flexibility index (Phi) is 5.55. The molecule has 0 saturated carbocycles. The lowest BCUT2D eigenvalue weighted by atomic mass is 10.0. The van der Waals surface area contributed by atoms with Gasteiger partial charge in [-0.15, -0.1) is 0 Å². The van der Waals surface area contributed by atoms with E-state index in [0.717, 1.165) is 30.7 Å². The average molecular weight is 383 g/mol. The highest BCUT2D eigenvalue weighted by Crippen LogP contribution is 2.27. The number of hydrogen-bond acceptors (Lipinski definition) is 4. The van der Waals surface area contributed by atoms with Crippen molar-refractivity contribution in [2.45, 2.75) is 71.1 Å². The van der Waals surface area contributed by atoms with Crippen LogP contribution in [-0.2, 0) is 13.0 Å². The van der Waals surface area contributed by atoms with Gasteiger partial charge in [0.1, 0.15) is 18.5 Å². The van der Waals surface area contributed by atoms with Gasteiger partial charge in [-0.2, -0.15) is 5.10 Å². The first-order valence-corrected chi connectivity index (χ1v) is 10.4. The summed E-state index contributed by atoms with van der Waals surface area (Å²) in [6.07, 6.45) is 6.94. The lowest BCUT2D eigenvalue weighted by molar-refractivity contribution is 0.0908. The number of fused-ring (bicyclic) bond motifs is 2. The third-order valence-corrected chi connectivity index (χ3v) is 5.48. The van der Waals surface area contributed by atoms with Gasteiger partial charge in [-0.25, -0.2) is 4.68 Å². The Morgan fingerprint density at radius 3 is 3.00 bits per heavy atom. The monoisotopic (exact) mass is 383 g/mol. The number of nitrogens with zero attached hydrogens (tertiary/aromatic N) is 2. The van der Waals surface area contributed by atoms with Gasteiger partial charge in [0.25, 0.3) is 5.91 Å². The number of carbonyl (C=O) groups excluding carboxylic acids is 1. The van der Waals surface area contributed by atoms with Crippen LogP contribution in [0, 0.1) is 6.92 Å². The van der Waals surface area contributed by atoms with Crippen LogP contribution in [0.1, 0.15) is 60.6 Å². The van der Waals surface area contributed by atoms with E-state index in [1.54, 1.807) is 6.07 Å². The van der Waals surface area contributed by atoms with Crippen LogP contribution in [0.25, 0.3) is 0 Å². The highest BCUT2D eigenvalue weighted by molar-refractivity contribution is 5.92. The maximum atomic E-state index is 12.6. The van der Waals surface area contributed by atoms with Crippen LogP contribution < -0.4 is 14.8 Å². The van der Waals surface area contributed by atoms with E-state index in [1.165, 1.54) is 31.2 Å². The number of carbonyl (C=O) groups is 1. The van der Waals surface area contributed by atoms with Gasteiger partial charge in [-0.05, 0) is 37.8 Å². The summed E-state index contributed by atoms with van der Waals surface area (Å²) in [5.41, 5.74) is 2.74. The number of hydrogen-bond donors (Lipinski definition) is 1. The number of rotatable bonds is 7. The molecule has 0 radical (unpaired) electrons. The van der Waals surface area contributed by atoms with Crippen LogP contribution in [0.2, 0.25) is 0 Å². The van der Waals surface area contributed by atoms with Crippen LogP contribution >= 0.6 is 0 Å². The molecular weight excluding hydrogens is 354 g/mol. The van der Waals surface area contributed by atoms with Crippen LogP contribution in [0.15, 0.2) is 24.3 Å². The molecule has 2 atom stereocenters. The number of unbranched alkanes of at least 4 members (excludes halogenated alkanes) is 3. The maximum absolute atomic E-state index is 12.6. The van der Waals surface area contributed by atoms with Crippen LogP contribution in [0.5, 0.6) is 11.6 Å². The largest absolute Gasteiger partial charge is 0.491 e. The Labute approximate surface area is 166 Å². The number of aromatic nitrogens is 2. The smallest absolute Gasteiger partial charge is 0.272 e. The number of amides is 1. The molecule has 0 fully saturated rings. The molecule has 2 aliphatic rings. The first kappa shape index (κ1) is 18.8. The average Bonchev–Trinajstić information content (AvgIpc) is 3.24. The van der Waals surface area contributed by atoms with Gasteiger partial charge >= 0.3 is 0 Å². The minimum atomic E-state index is -0.172. The predicted octanol–water partition coefficient (Wildman–Crippen LogP) is 3.66. The molecule has 6 heteroatoms. The summed E-state index contributed by atoms with van der Waals surface area (Å²) >= 11 is 0. The molecule has 1 aromatic carbocycles. The Hall–Kier alpha value is -2.50. The van der Waals surface area contributed by atoms with Gasteiger partial charge in [0.2, 0.25) is 5.88 Å². The molecule has 2 aliphatic heterocycles. The SMILES string of the molecule is CCCCCCC1Cn2nc(C(=O)NC3COc4ccc(C)cc4C3)cc2O1. The second kappa shape index (κ2) is 8.25. The van der Waals surface area contributed by atoms with Gasteiger partial charge in [0.15, 0.2) is 5.69 Å². The molecule has 150 valence electrons. The summed E-state index contributed by atoms with van der Waals surface area (Å²) < 4.78 is 13.6. The van der Waals surface area contributed by atoms with Gasteiger partial charge < -0.3 is 14.8 Å². The van der Waals surface area contributed by atoms with Crippen molar-refractivity contribution in [3.8, 4) is 11.6 Å². The lowest BCUT2D eigenvalue weighted by Crippen LogP contribution is -2.43. The summed E-state index contributed by atoms with van der Waals surface area (Å²) in [5.74, 6) is 1.44. The first-order valence-electron chi connectivity index (χ1n) is 10.4. The predicted molar refractivity (Wildman–Crippen MR) is 107 cm³/mol. The molecular formula is C22H29N3O3. The van der Waals surface area contributed by atoms with Crippen molar-refractivity contribution in [3.63, 3.8) is 0 Å². The minimum Gasteiger partial charge on any atom is -0.491 e. The van der Waals surface area contributed by atoms with E-state index in [0.29, 0.717) is 18.2 Å². The molecule has 28 heavy (non-hydrogen) atoms. The van der Waals surface area contributed by atoms with E-state index in [2.05, 4.69) is 30.3 Å². The van der Waals surface area contributed by atoms with Crippen LogP contribution in [0.3, 0.4) is 0 Å². The molecule has 0 aliphatic carbocycles. The molecule has 6 nitrogen and oxygen atoms in total. The fraction of sp³-hybridized carbons (Fsp3) is 0.545. The van der Waals surface area contributed by atoms with Crippen LogP contribution in [0.4, 0.5) is 0 Å². The molecule has 4 rings (SSSR count). The number of aryl methyl sites for hydroxylation is 1. The zero-order valence-corrected chi connectivity index (χ0v) is 16.7. The summed E-state index contributed by atoms with van der Waals surface area (Å²) in [6, 6.07) is 7.86. The summed E-state index contributed by atoms with van der Waals surface area (Å²) in [4.78, 5) is 12.6. The van der Waals surface area contributed by atoms with Gasteiger partial charge in [0.05, 0.1) is 12.6 Å². The Balaban J connectivity index is 1.30. The second-order valence-electron chi connectivity index (χ2n) is 7.94. The van der Waals surface area contributed by atoms with Gasteiger partial charge in [-0.1, -0.05) is 43.9 Å². The van der Waals surface area contributed by atoms with E-state index in [4.69, 9.17) is 9.47 Å². The molecule has 1 aromatic heterocycles. The number of nitrogens with one attached hydrogen (secondary N) is 1. The zero-order valence-electron chi connectivity index (χ0n) is 16.7. The number of benzene rings is 1. The molecule has 0 saturated heterocycles. The van der Waals surface area contributed by atoms with Crippen molar-refractivity contribution in [1.82, 2.24) is 15.1 Å². The fourth-order valence-corrected chi connectivity index (χ4v) is 3.96. The third kappa shape index (κ3) is 4.16. The van der Waals surface area contributed by atoms with Gasteiger partial charge in [0, 0.05) is 6.07 Å². The van der Waals surface area contributed by atoms with E-state index >= 15 is 0 Å². The normalized spacial score (nSPS) is 20.1. The molecule has 3 heterocycles. The van der Waals surface area contributed by atoms with E-state index in [9.17, 15) is 4.79 Å². The topological polar surface area (TPSA) is 65.4 Å². The maximum Gasteiger partial charge on any atom is 0.272 e. The van der Waals surface area contributed by atoms with Crippen molar-refractivity contribution < 1.29 is 14.3 Å². The second-order valence-corrected chi connectivity index (χ2v) is 7.94. The third-order valence-electron chi connectivity index (χ3n) is 5.48. The molecule has 0 bridgehead atoms. The van der Waals surface area contributed by atoms with E-state index in [-0.39, 0.29) is 18.1 Å². The van der Waals surface area contributed by atoms with Gasteiger partial charge in [-0.3, -0.25) is 4.79 Å². The summed E-state index contributed by atoms with van der Waals surface area (Å²) in [7, 11) is 0.